The van der Waals surface area contributed by atoms with E-state index in [1.807, 2.05) is 6.07 Å². The summed E-state index contributed by atoms with van der Waals surface area (Å²) in [7, 11) is 0. The van der Waals surface area contributed by atoms with E-state index in [1.165, 1.54) is 0 Å². The second-order valence-corrected chi connectivity index (χ2v) is 2.53. The summed E-state index contributed by atoms with van der Waals surface area (Å²) in [5, 5.41) is 17.4. The minimum absolute atomic E-state index is 0.268. The van der Waals surface area contributed by atoms with Gasteiger partial charge in [0.15, 0.2) is 0 Å². The van der Waals surface area contributed by atoms with E-state index in [0.717, 1.165) is 11.6 Å². The van der Waals surface area contributed by atoms with Gasteiger partial charge in [0.2, 0.25) is 0 Å². The number of carboxylic acid groups (broad SMARTS) is 1. The van der Waals surface area contributed by atoms with Gasteiger partial charge in [0.25, 0.3) is 0 Å². The molecule has 0 fully saturated rings. The van der Waals surface area contributed by atoms with Gasteiger partial charge in [0, 0.05) is 6.08 Å². The van der Waals surface area contributed by atoms with Gasteiger partial charge in [-0.2, -0.15) is 0 Å². The van der Waals surface area contributed by atoms with Gasteiger partial charge in [0.05, 0.1) is 6.61 Å². The molecule has 0 aromatic heterocycles. The normalized spacial score (nSPS) is 11.3. The van der Waals surface area contributed by atoms with Gasteiger partial charge in [-0.25, -0.2) is 4.79 Å². The van der Waals surface area contributed by atoms with Crippen molar-refractivity contribution in [3.8, 4) is 0 Å². The van der Waals surface area contributed by atoms with Crippen LogP contribution in [0.1, 0.15) is 5.56 Å². The Bertz CT molecular complexity index is 314. The molecule has 0 saturated heterocycles. The average Bonchev–Trinajstić information content (AvgIpc) is 2.15. The Labute approximate surface area is 76.0 Å². The van der Waals surface area contributed by atoms with E-state index in [-0.39, 0.29) is 6.61 Å². The second kappa shape index (κ2) is 4.42. The third kappa shape index (κ3) is 2.72. The largest absolute Gasteiger partial charge is 0.478 e. The highest BCUT2D eigenvalue weighted by Crippen LogP contribution is 2.12. The fraction of sp³-hybridized carbons (Fsp3) is 0.100. The number of aliphatic hydroxyl groups is 1. The highest BCUT2D eigenvalue weighted by atomic mass is 16.4. The van der Waals surface area contributed by atoms with Gasteiger partial charge >= 0.3 is 5.97 Å². The van der Waals surface area contributed by atoms with Crippen LogP contribution in [0.2, 0.25) is 0 Å². The molecule has 0 aliphatic rings. The zero-order valence-corrected chi connectivity index (χ0v) is 6.97. The van der Waals surface area contributed by atoms with E-state index >= 15 is 0 Å². The van der Waals surface area contributed by atoms with Gasteiger partial charge in [-0.05, 0) is 11.1 Å². The van der Waals surface area contributed by atoms with Crippen LogP contribution in [0.4, 0.5) is 0 Å². The first kappa shape index (κ1) is 9.48. The summed E-state index contributed by atoms with van der Waals surface area (Å²) >= 11 is 0. The number of aliphatic hydroxyl groups excluding tert-OH is 1. The summed E-state index contributed by atoms with van der Waals surface area (Å²) < 4.78 is 0. The van der Waals surface area contributed by atoms with Gasteiger partial charge in [-0.15, -0.1) is 0 Å². The summed E-state index contributed by atoms with van der Waals surface area (Å²) in [6.07, 6.45) is 1.01. The number of carboxylic acids is 1. The lowest BCUT2D eigenvalue weighted by Crippen LogP contribution is -1.96. The summed E-state index contributed by atoms with van der Waals surface area (Å²) in [5.74, 6) is -1.05. The topological polar surface area (TPSA) is 57.5 Å². The van der Waals surface area contributed by atoms with E-state index in [9.17, 15) is 4.79 Å². The maximum atomic E-state index is 10.4. The Morgan fingerprint density at radius 3 is 2.38 bits per heavy atom. The third-order valence-electron chi connectivity index (χ3n) is 1.61. The SMILES string of the molecule is O=C(O)/C=C(/CO)c1ccccc1. The zero-order chi connectivity index (χ0) is 9.68. The molecule has 2 N–H and O–H groups in total. The third-order valence-corrected chi connectivity index (χ3v) is 1.61. The summed E-state index contributed by atoms with van der Waals surface area (Å²) in [6.45, 7) is -0.268. The first-order chi connectivity index (χ1) is 6.24. The fourth-order valence-electron chi connectivity index (χ4n) is 1.02. The number of hydrogen-bond donors (Lipinski definition) is 2. The first-order valence-corrected chi connectivity index (χ1v) is 3.84. The molecule has 0 bridgehead atoms. The Balaban J connectivity index is 2.98. The van der Waals surface area contributed by atoms with Crippen LogP contribution >= 0.6 is 0 Å². The highest BCUT2D eigenvalue weighted by Gasteiger charge is 2.01. The van der Waals surface area contributed by atoms with E-state index in [0.29, 0.717) is 5.57 Å². The number of hydrogen-bond acceptors (Lipinski definition) is 2. The van der Waals surface area contributed by atoms with Crippen LogP contribution in [-0.2, 0) is 4.79 Å². The van der Waals surface area contributed by atoms with Crippen LogP contribution in [-0.4, -0.2) is 22.8 Å². The standard InChI is InChI=1S/C10H10O3/c11-7-9(6-10(12)13)8-4-2-1-3-5-8/h1-6,11H,7H2,(H,12,13)/b9-6-. The number of benzene rings is 1. The van der Waals surface area contributed by atoms with E-state index < -0.39 is 5.97 Å². The van der Waals surface area contributed by atoms with Crippen molar-refractivity contribution in [3.63, 3.8) is 0 Å². The quantitative estimate of drug-likeness (QED) is 0.682. The lowest BCUT2D eigenvalue weighted by atomic mass is 10.1. The van der Waals surface area contributed by atoms with Crippen LogP contribution in [0.5, 0.6) is 0 Å². The molecule has 1 aromatic carbocycles. The second-order valence-electron chi connectivity index (χ2n) is 2.53. The van der Waals surface area contributed by atoms with E-state index in [4.69, 9.17) is 10.2 Å². The molecule has 0 radical (unpaired) electrons. The molecule has 68 valence electrons. The minimum Gasteiger partial charge on any atom is -0.478 e. The van der Waals surface area contributed by atoms with Crippen molar-refractivity contribution in [3.05, 3.63) is 42.0 Å². The molecule has 0 aliphatic heterocycles. The molecule has 1 rings (SSSR count). The van der Waals surface area contributed by atoms with Gasteiger partial charge in [0.1, 0.15) is 0 Å². The molecule has 0 amide bonds. The Kier molecular flexibility index (Phi) is 3.23. The van der Waals surface area contributed by atoms with Crippen LogP contribution < -0.4 is 0 Å². The molecule has 0 saturated carbocycles. The van der Waals surface area contributed by atoms with Gasteiger partial charge < -0.3 is 10.2 Å². The van der Waals surface area contributed by atoms with Gasteiger partial charge in [-0.3, -0.25) is 0 Å². The molecule has 0 heterocycles. The molecular formula is C10H10O3. The fourth-order valence-corrected chi connectivity index (χ4v) is 1.02. The van der Waals surface area contributed by atoms with Crippen molar-refractivity contribution in [2.75, 3.05) is 6.61 Å². The van der Waals surface area contributed by atoms with Gasteiger partial charge in [-0.1, -0.05) is 30.3 Å². The number of rotatable bonds is 3. The zero-order valence-electron chi connectivity index (χ0n) is 6.97. The van der Waals surface area contributed by atoms with Crippen molar-refractivity contribution in [2.45, 2.75) is 0 Å². The molecule has 13 heavy (non-hydrogen) atoms. The Hall–Kier alpha value is -1.61. The van der Waals surface area contributed by atoms with Crippen molar-refractivity contribution < 1.29 is 15.0 Å². The Morgan fingerprint density at radius 1 is 1.31 bits per heavy atom. The predicted octanol–water partition coefficient (Wildman–Crippen LogP) is 1.15. The average molecular weight is 178 g/mol. The molecule has 0 aliphatic carbocycles. The monoisotopic (exact) mass is 178 g/mol. The van der Waals surface area contributed by atoms with Crippen LogP contribution in [0, 0.1) is 0 Å². The Morgan fingerprint density at radius 2 is 1.92 bits per heavy atom. The van der Waals surface area contributed by atoms with E-state index in [2.05, 4.69) is 0 Å². The molecular weight excluding hydrogens is 168 g/mol. The summed E-state index contributed by atoms with van der Waals surface area (Å²) in [6, 6.07) is 8.93. The van der Waals surface area contributed by atoms with Crippen molar-refractivity contribution in [2.24, 2.45) is 0 Å². The van der Waals surface area contributed by atoms with Crippen molar-refractivity contribution >= 4 is 11.5 Å². The molecule has 0 atom stereocenters. The molecule has 3 nitrogen and oxygen atoms in total. The van der Waals surface area contributed by atoms with Crippen LogP contribution in [0.3, 0.4) is 0 Å². The molecule has 0 spiro atoms. The molecule has 1 aromatic rings. The molecule has 0 unspecified atom stereocenters. The minimum atomic E-state index is -1.05. The lowest BCUT2D eigenvalue weighted by molar-refractivity contribution is -0.131. The van der Waals surface area contributed by atoms with Crippen LogP contribution in [0.25, 0.3) is 5.57 Å². The summed E-state index contributed by atoms with van der Waals surface area (Å²) in [4.78, 5) is 10.4. The maximum Gasteiger partial charge on any atom is 0.328 e. The maximum absolute atomic E-state index is 10.4. The first-order valence-electron chi connectivity index (χ1n) is 3.84. The smallest absolute Gasteiger partial charge is 0.328 e. The lowest BCUT2D eigenvalue weighted by Gasteiger charge is -2.01. The highest BCUT2D eigenvalue weighted by molar-refractivity contribution is 5.90. The number of carbonyl (C=O) groups is 1. The predicted molar refractivity (Wildman–Crippen MR) is 49.1 cm³/mol. The molecule has 3 heteroatoms. The van der Waals surface area contributed by atoms with Crippen LogP contribution in [0.15, 0.2) is 36.4 Å². The van der Waals surface area contributed by atoms with Crippen molar-refractivity contribution in [1.29, 1.82) is 0 Å². The van der Waals surface area contributed by atoms with E-state index in [1.54, 1.807) is 24.3 Å². The summed E-state index contributed by atoms with van der Waals surface area (Å²) in [5.41, 5.74) is 1.14. The van der Waals surface area contributed by atoms with Crippen molar-refractivity contribution in [1.82, 2.24) is 0 Å². The number of aliphatic carboxylic acids is 1.